The quantitative estimate of drug-likeness (QED) is 0.545. The van der Waals surface area contributed by atoms with Crippen LogP contribution in [0, 0.1) is 6.92 Å². The fourth-order valence-corrected chi connectivity index (χ4v) is 3.15. The minimum absolute atomic E-state index is 0.0395. The highest BCUT2D eigenvalue weighted by atomic mass is 16.1. The summed E-state index contributed by atoms with van der Waals surface area (Å²) in [5, 5.41) is 0.764. The van der Waals surface area contributed by atoms with Gasteiger partial charge in [-0.25, -0.2) is 4.98 Å². The summed E-state index contributed by atoms with van der Waals surface area (Å²) < 4.78 is 0. The Labute approximate surface area is 155 Å². The number of rotatable bonds is 4. The van der Waals surface area contributed by atoms with Gasteiger partial charge in [-0.1, -0.05) is 36.4 Å². The Hall–Kier alpha value is -3.73. The third-order valence-corrected chi connectivity index (χ3v) is 4.67. The summed E-state index contributed by atoms with van der Waals surface area (Å²) in [5.74, 6) is -0.505. The van der Waals surface area contributed by atoms with E-state index < -0.39 is 5.91 Å². The number of ketones is 1. The second-order valence-electron chi connectivity index (χ2n) is 6.41. The number of hydrogen-bond acceptors (Lipinski definition) is 3. The van der Waals surface area contributed by atoms with Crippen molar-refractivity contribution in [2.24, 2.45) is 5.73 Å². The number of amides is 1. The molecular formula is C22H17N3O2. The van der Waals surface area contributed by atoms with Gasteiger partial charge >= 0.3 is 0 Å². The number of aromatic nitrogens is 2. The first-order valence-electron chi connectivity index (χ1n) is 8.52. The fourth-order valence-electron chi connectivity index (χ4n) is 3.15. The van der Waals surface area contributed by atoms with E-state index in [1.807, 2.05) is 49.4 Å². The van der Waals surface area contributed by atoms with Gasteiger partial charge in [-0.05, 0) is 36.2 Å². The summed E-state index contributed by atoms with van der Waals surface area (Å²) in [6.07, 6.45) is 3.44. The lowest BCUT2D eigenvalue weighted by atomic mass is 9.98. The Morgan fingerprint density at radius 1 is 0.963 bits per heavy atom. The molecule has 132 valence electrons. The molecule has 5 nitrogen and oxygen atoms in total. The maximum atomic E-state index is 13.0. The molecule has 0 radical (unpaired) electrons. The van der Waals surface area contributed by atoms with Crippen LogP contribution in [0.15, 0.2) is 67.0 Å². The molecule has 0 unspecified atom stereocenters. The monoisotopic (exact) mass is 355 g/mol. The van der Waals surface area contributed by atoms with Crippen molar-refractivity contribution in [3.05, 3.63) is 89.2 Å². The number of carbonyl (C=O) groups excluding carboxylic acids is 2. The van der Waals surface area contributed by atoms with Crippen LogP contribution in [0.1, 0.15) is 31.8 Å². The van der Waals surface area contributed by atoms with Gasteiger partial charge in [-0.2, -0.15) is 0 Å². The van der Waals surface area contributed by atoms with Crippen molar-refractivity contribution in [2.45, 2.75) is 6.92 Å². The average molecular weight is 355 g/mol. The molecule has 4 rings (SSSR count). The normalized spacial score (nSPS) is 10.9. The highest BCUT2D eigenvalue weighted by Gasteiger charge is 2.17. The molecule has 0 fully saturated rings. The first kappa shape index (κ1) is 16.7. The Balaban J connectivity index is 1.78. The molecule has 2 heterocycles. The maximum absolute atomic E-state index is 13.0. The molecule has 0 saturated carbocycles. The van der Waals surface area contributed by atoms with Crippen molar-refractivity contribution < 1.29 is 9.59 Å². The first-order chi connectivity index (χ1) is 13.0. The van der Waals surface area contributed by atoms with E-state index in [9.17, 15) is 9.59 Å². The number of aryl methyl sites for hydroxylation is 1. The molecule has 0 saturated heterocycles. The number of fused-ring (bicyclic) bond motifs is 1. The van der Waals surface area contributed by atoms with Crippen LogP contribution in [-0.4, -0.2) is 21.7 Å². The summed E-state index contributed by atoms with van der Waals surface area (Å²) in [4.78, 5) is 31.8. The summed E-state index contributed by atoms with van der Waals surface area (Å²) in [5.41, 5.74) is 10.3. The predicted octanol–water partition coefficient (Wildman–Crippen LogP) is 3.87. The van der Waals surface area contributed by atoms with Gasteiger partial charge in [0.05, 0.1) is 0 Å². The molecule has 0 aliphatic heterocycles. The molecule has 0 spiro atoms. The molecule has 0 aliphatic rings. The highest BCUT2D eigenvalue weighted by Crippen LogP contribution is 2.27. The van der Waals surface area contributed by atoms with Crippen LogP contribution in [0.5, 0.6) is 0 Å². The number of hydrogen-bond donors (Lipinski definition) is 2. The molecular weight excluding hydrogens is 338 g/mol. The summed E-state index contributed by atoms with van der Waals surface area (Å²) >= 11 is 0. The maximum Gasteiger partial charge on any atom is 0.248 e. The van der Waals surface area contributed by atoms with Crippen LogP contribution in [0.2, 0.25) is 0 Å². The van der Waals surface area contributed by atoms with E-state index in [2.05, 4.69) is 9.97 Å². The lowest BCUT2D eigenvalue weighted by Crippen LogP contribution is -2.10. The number of nitrogens with one attached hydrogen (secondary N) is 1. The van der Waals surface area contributed by atoms with Crippen LogP contribution >= 0.6 is 0 Å². The number of aromatic amines is 1. The second kappa shape index (κ2) is 6.53. The minimum atomic E-state index is -0.466. The molecule has 0 bridgehead atoms. The first-order valence-corrected chi connectivity index (χ1v) is 8.52. The van der Waals surface area contributed by atoms with Gasteiger partial charge in [-0.15, -0.1) is 0 Å². The Morgan fingerprint density at radius 2 is 1.70 bits per heavy atom. The van der Waals surface area contributed by atoms with E-state index in [4.69, 9.17) is 5.73 Å². The van der Waals surface area contributed by atoms with Crippen molar-refractivity contribution in [1.29, 1.82) is 0 Å². The van der Waals surface area contributed by atoms with E-state index in [1.54, 1.807) is 24.5 Å². The minimum Gasteiger partial charge on any atom is -0.366 e. The predicted molar refractivity (Wildman–Crippen MR) is 105 cm³/mol. The molecule has 1 amide bonds. The summed E-state index contributed by atoms with van der Waals surface area (Å²) in [6.45, 7) is 1.92. The highest BCUT2D eigenvalue weighted by molar-refractivity contribution is 6.16. The van der Waals surface area contributed by atoms with E-state index >= 15 is 0 Å². The van der Waals surface area contributed by atoms with E-state index in [0.717, 1.165) is 22.1 Å². The molecule has 5 heteroatoms. The Morgan fingerprint density at radius 3 is 2.41 bits per heavy atom. The largest absolute Gasteiger partial charge is 0.366 e. The standard InChI is InChI=1S/C22H17N3O2/c1-13-4-2-3-5-17(13)20(26)19-12-25-22-18(19)10-16(11-24-22)14-6-8-15(9-7-14)21(23)27/h2-12H,1H3,(H2,23,27)(H,24,25). The number of pyridine rings is 1. The lowest BCUT2D eigenvalue weighted by molar-refractivity contribution is 0.0998. The van der Waals surface area contributed by atoms with E-state index in [-0.39, 0.29) is 5.78 Å². The van der Waals surface area contributed by atoms with Crippen molar-refractivity contribution in [3.8, 4) is 11.1 Å². The summed E-state index contributed by atoms with van der Waals surface area (Å²) in [6, 6.07) is 16.5. The van der Waals surface area contributed by atoms with Crippen LogP contribution in [0.25, 0.3) is 22.2 Å². The third kappa shape index (κ3) is 3.00. The third-order valence-electron chi connectivity index (χ3n) is 4.67. The van der Waals surface area contributed by atoms with Crippen LogP contribution in [0.3, 0.4) is 0 Å². The number of primary amides is 1. The van der Waals surface area contributed by atoms with Gasteiger partial charge in [0, 0.05) is 40.0 Å². The smallest absolute Gasteiger partial charge is 0.248 e. The molecule has 0 atom stereocenters. The Bertz CT molecular complexity index is 1170. The van der Waals surface area contributed by atoms with Gasteiger partial charge in [0.1, 0.15) is 5.65 Å². The molecule has 2 aromatic heterocycles. The van der Waals surface area contributed by atoms with Crippen molar-refractivity contribution in [2.75, 3.05) is 0 Å². The van der Waals surface area contributed by atoms with Gasteiger partial charge in [0.15, 0.2) is 5.78 Å². The van der Waals surface area contributed by atoms with Crippen molar-refractivity contribution >= 4 is 22.7 Å². The zero-order valence-electron chi connectivity index (χ0n) is 14.7. The molecule has 27 heavy (non-hydrogen) atoms. The van der Waals surface area contributed by atoms with Crippen LogP contribution < -0.4 is 5.73 Å². The van der Waals surface area contributed by atoms with Crippen molar-refractivity contribution in [3.63, 3.8) is 0 Å². The number of H-pyrrole nitrogens is 1. The lowest BCUT2D eigenvalue weighted by Gasteiger charge is -2.05. The zero-order valence-corrected chi connectivity index (χ0v) is 14.7. The SMILES string of the molecule is Cc1ccccc1C(=O)c1c[nH]c2ncc(-c3ccc(C(N)=O)cc3)cc12. The van der Waals surface area contributed by atoms with Crippen LogP contribution in [-0.2, 0) is 0 Å². The molecule has 3 N–H and O–H groups in total. The van der Waals surface area contributed by atoms with Crippen molar-refractivity contribution in [1.82, 2.24) is 9.97 Å². The molecule has 2 aromatic carbocycles. The number of nitrogens with zero attached hydrogens (tertiary/aromatic N) is 1. The van der Waals surface area contributed by atoms with Gasteiger partial charge in [0.2, 0.25) is 5.91 Å². The second-order valence-corrected chi connectivity index (χ2v) is 6.41. The van der Waals surface area contributed by atoms with Crippen LogP contribution in [0.4, 0.5) is 0 Å². The van der Waals surface area contributed by atoms with Gasteiger partial charge in [0.25, 0.3) is 0 Å². The van der Waals surface area contributed by atoms with E-state index in [0.29, 0.717) is 22.3 Å². The van der Waals surface area contributed by atoms with Gasteiger partial charge < -0.3 is 10.7 Å². The summed E-state index contributed by atoms with van der Waals surface area (Å²) in [7, 11) is 0. The van der Waals surface area contributed by atoms with Gasteiger partial charge in [-0.3, -0.25) is 9.59 Å². The number of benzene rings is 2. The van der Waals surface area contributed by atoms with E-state index in [1.165, 1.54) is 0 Å². The molecule has 4 aromatic rings. The topological polar surface area (TPSA) is 88.8 Å². The fraction of sp³-hybridized carbons (Fsp3) is 0.0455. The Kier molecular flexibility index (Phi) is 4.05. The zero-order chi connectivity index (χ0) is 19.0. The average Bonchev–Trinajstić information content (AvgIpc) is 3.11. The molecule has 0 aliphatic carbocycles. The number of carbonyl (C=O) groups is 2. The number of nitrogens with two attached hydrogens (primary N) is 1.